The normalized spacial score (nSPS) is 15.2. The Bertz CT molecular complexity index is 904. The van der Waals surface area contributed by atoms with Crippen molar-refractivity contribution >= 4 is 17.7 Å². The number of fused-ring (bicyclic) bond motifs is 1. The molecule has 172 valence electrons. The predicted octanol–water partition coefficient (Wildman–Crippen LogP) is 5.73. The van der Waals surface area contributed by atoms with Gasteiger partial charge in [0.2, 0.25) is 0 Å². The molecule has 1 aliphatic rings. The van der Waals surface area contributed by atoms with Crippen molar-refractivity contribution in [1.29, 1.82) is 0 Å². The van der Waals surface area contributed by atoms with Crippen LogP contribution in [0.25, 0.3) is 17.2 Å². The van der Waals surface area contributed by atoms with E-state index in [1.54, 1.807) is 0 Å². The zero-order valence-electron chi connectivity index (χ0n) is 19.6. The number of ether oxygens (including phenoxy) is 3. The molecule has 0 aromatic heterocycles. The number of carbonyl (C=O) groups is 1. The van der Waals surface area contributed by atoms with Crippen LogP contribution >= 0.6 is 0 Å². The van der Waals surface area contributed by atoms with Crippen molar-refractivity contribution in [3.8, 4) is 16.9 Å². The highest BCUT2D eigenvalue weighted by molar-refractivity contribution is 5.95. The van der Waals surface area contributed by atoms with E-state index >= 15 is 0 Å². The maximum absolute atomic E-state index is 12.3. The number of rotatable bonds is 10. The van der Waals surface area contributed by atoms with Crippen molar-refractivity contribution in [3.63, 3.8) is 0 Å². The molecule has 0 unspecified atom stereocenters. The van der Waals surface area contributed by atoms with Gasteiger partial charge in [-0.2, -0.15) is 0 Å². The highest BCUT2D eigenvalue weighted by Crippen LogP contribution is 2.33. The minimum absolute atomic E-state index is 0.241. The van der Waals surface area contributed by atoms with Gasteiger partial charge in [0, 0.05) is 31.0 Å². The lowest BCUT2D eigenvalue weighted by atomic mass is 9.97. The van der Waals surface area contributed by atoms with Gasteiger partial charge in [0.15, 0.2) is 0 Å². The summed E-state index contributed by atoms with van der Waals surface area (Å²) >= 11 is 0. The fourth-order valence-electron chi connectivity index (χ4n) is 3.98. The minimum atomic E-state index is -0.241. The Kier molecular flexibility index (Phi) is 9.17. The SMILES string of the molecule is CCCOCCOc1ccc(-c2ccc3c(c2)/C=C(/C(=O)OC)CCCN3CCC)cc1. The van der Waals surface area contributed by atoms with Crippen LogP contribution in [0.3, 0.4) is 0 Å². The summed E-state index contributed by atoms with van der Waals surface area (Å²) in [5.74, 6) is 0.594. The molecule has 0 bridgehead atoms. The number of nitrogens with zero attached hydrogens (tertiary/aromatic N) is 1. The third kappa shape index (κ3) is 6.36. The Hall–Kier alpha value is -2.79. The highest BCUT2D eigenvalue weighted by atomic mass is 16.5. The van der Waals surface area contributed by atoms with E-state index in [9.17, 15) is 4.79 Å². The van der Waals surface area contributed by atoms with Gasteiger partial charge in [-0.25, -0.2) is 4.79 Å². The second kappa shape index (κ2) is 12.3. The van der Waals surface area contributed by atoms with E-state index in [0.29, 0.717) is 13.2 Å². The summed E-state index contributed by atoms with van der Waals surface area (Å²) in [6, 6.07) is 14.6. The third-order valence-corrected chi connectivity index (χ3v) is 5.55. The van der Waals surface area contributed by atoms with Crippen molar-refractivity contribution in [2.45, 2.75) is 39.5 Å². The standard InChI is InChI=1S/C27H35NO4/c1-4-14-28-15-6-7-23(27(29)30-3)20-24-19-22(10-13-26(24)28)21-8-11-25(12-9-21)32-18-17-31-16-5-2/h8-13,19-20H,4-7,14-18H2,1-3H3/b23-20+. The fourth-order valence-corrected chi connectivity index (χ4v) is 3.98. The molecule has 5 nitrogen and oxygen atoms in total. The first-order valence-electron chi connectivity index (χ1n) is 11.6. The lowest BCUT2D eigenvalue weighted by Crippen LogP contribution is -2.27. The van der Waals surface area contributed by atoms with Crippen LogP contribution in [0.5, 0.6) is 5.75 Å². The van der Waals surface area contributed by atoms with Gasteiger partial charge in [-0.1, -0.05) is 32.0 Å². The predicted molar refractivity (Wildman–Crippen MR) is 130 cm³/mol. The number of esters is 1. The van der Waals surface area contributed by atoms with Gasteiger partial charge in [0.1, 0.15) is 12.4 Å². The summed E-state index contributed by atoms with van der Waals surface area (Å²) in [6.45, 7) is 8.14. The first kappa shape index (κ1) is 23.9. The van der Waals surface area contributed by atoms with E-state index in [-0.39, 0.29) is 5.97 Å². The molecule has 0 N–H and O–H groups in total. The maximum atomic E-state index is 12.3. The molecule has 0 saturated heterocycles. The molecule has 0 spiro atoms. The largest absolute Gasteiger partial charge is 0.491 e. The van der Waals surface area contributed by atoms with Crippen LogP contribution in [0.15, 0.2) is 48.0 Å². The monoisotopic (exact) mass is 437 g/mol. The molecular formula is C27H35NO4. The van der Waals surface area contributed by atoms with Gasteiger partial charge in [0.25, 0.3) is 0 Å². The van der Waals surface area contributed by atoms with Gasteiger partial charge in [-0.15, -0.1) is 0 Å². The van der Waals surface area contributed by atoms with E-state index in [0.717, 1.165) is 73.4 Å². The average Bonchev–Trinajstić information content (AvgIpc) is 2.81. The van der Waals surface area contributed by atoms with Crippen LogP contribution in [0.2, 0.25) is 0 Å². The van der Waals surface area contributed by atoms with E-state index in [2.05, 4.69) is 49.1 Å². The Labute approximate surface area is 192 Å². The third-order valence-electron chi connectivity index (χ3n) is 5.55. The van der Waals surface area contributed by atoms with Gasteiger partial charge in [-0.05, 0) is 72.7 Å². The molecule has 32 heavy (non-hydrogen) atoms. The summed E-state index contributed by atoms with van der Waals surface area (Å²) in [6.07, 6.45) is 5.76. The number of anilines is 1. The van der Waals surface area contributed by atoms with E-state index in [1.165, 1.54) is 12.8 Å². The first-order valence-corrected chi connectivity index (χ1v) is 11.6. The van der Waals surface area contributed by atoms with Crippen LogP contribution in [-0.2, 0) is 14.3 Å². The van der Waals surface area contributed by atoms with Crippen LogP contribution in [0, 0.1) is 0 Å². The maximum Gasteiger partial charge on any atom is 0.333 e. The highest BCUT2D eigenvalue weighted by Gasteiger charge is 2.18. The Morgan fingerprint density at radius 1 is 0.969 bits per heavy atom. The van der Waals surface area contributed by atoms with Gasteiger partial charge in [0.05, 0.1) is 13.7 Å². The summed E-state index contributed by atoms with van der Waals surface area (Å²) in [4.78, 5) is 14.7. The van der Waals surface area contributed by atoms with Crippen molar-refractivity contribution in [3.05, 3.63) is 53.6 Å². The van der Waals surface area contributed by atoms with Crippen LogP contribution in [0.4, 0.5) is 5.69 Å². The molecule has 3 rings (SSSR count). The molecule has 0 amide bonds. The Morgan fingerprint density at radius 3 is 2.47 bits per heavy atom. The number of benzene rings is 2. The fraction of sp³-hybridized carbons (Fsp3) is 0.444. The molecule has 1 heterocycles. The summed E-state index contributed by atoms with van der Waals surface area (Å²) < 4.78 is 16.2. The molecule has 2 aromatic carbocycles. The summed E-state index contributed by atoms with van der Waals surface area (Å²) in [5.41, 5.74) is 5.18. The Morgan fingerprint density at radius 2 is 1.75 bits per heavy atom. The zero-order valence-corrected chi connectivity index (χ0v) is 19.6. The summed E-state index contributed by atoms with van der Waals surface area (Å²) in [7, 11) is 1.45. The van der Waals surface area contributed by atoms with Gasteiger partial charge < -0.3 is 19.1 Å². The van der Waals surface area contributed by atoms with Crippen molar-refractivity contribution in [2.24, 2.45) is 0 Å². The van der Waals surface area contributed by atoms with Crippen molar-refractivity contribution in [2.75, 3.05) is 44.9 Å². The number of carbonyl (C=O) groups excluding carboxylic acids is 1. The van der Waals surface area contributed by atoms with Crippen LogP contribution < -0.4 is 9.64 Å². The van der Waals surface area contributed by atoms with Crippen molar-refractivity contribution < 1.29 is 19.0 Å². The molecule has 0 radical (unpaired) electrons. The molecule has 5 heteroatoms. The topological polar surface area (TPSA) is 48.0 Å². The molecule has 0 saturated carbocycles. The van der Waals surface area contributed by atoms with E-state index < -0.39 is 0 Å². The van der Waals surface area contributed by atoms with Gasteiger partial charge >= 0.3 is 5.97 Å². The van der Waals surface area contributed by atoms with Crippen LogP contribution in [-0.4, -0.2) is 46.0 Å². The van der Waals surface area contributed by atoms with Crippen molar-refractivity contribution in [1.82, 2.24) is 0 Å². The quantitative estimate of drug-likeness (QED) is 0.351. The lowest BCUT2D eigenvalue weighted by Gasteiger charge is -2.28. The number of methoxy groups -OCH3 is 1. The molecule has 0 aliphatic carbocycles. The second-order valence-electron chi connectivity index (χ2n) is 8.01. The second-order valence-corrected chi connectivity index (χ2v) is 8.01. The zero-order chi connectivity index (χ0) is 22.8. The molecule has 1 aliphatic heterocycles. The number of hydrogen-bond acceptors (Lipinski definition) is 5. The summed E-state index contributed by atoms with van der Waals surface area (Å²) in [5, 5.41) is 0. The molecule has 0 atom stereocenters. The smallest absolute Gasteiger partial charge is 0.333 e. The molecule has 0 fully saturated rings. The lowest BCUT2D eigenvalue weighted by molar-refractivity contribution is -0.136. The first-order chi connectivity index (χ1) is 15.7. The van der Waals surface area contributed by atoms with Gasteiger partial charge in [-0.3, -0.25) is 0 Å². The number of hydrogen-bond donors (Lipinski definition) is 0. The average molecular weight is 438 g/mol. The molecular weight excluding hydrogens is 402 g/mol. The van der Waals surface area contributed by atoms with Crippen LogP contribution in [0.1, 0.15) is 45.1 Å². The van der Waals surface area contributed by atoms with E-state index in [4.69, 9.17) is 14.2 Å². The van der Waals surface area contributed by atoms with E-state index in [1.807, 2.05) is 18.2 Å². The minimum Gasteiger partial charge on any atom is -0.491 e. The Balaban J connectivity index is 1.83. The molecule has 2 aromatic rings.